The van der Waals surface area contributed by atoms with Gasteiger partial charge in [0.05, 0.1) is 7.11 Å². The molecule has 2 aliphatic rings. The number of carbonyl (C=O) groups excluding carboxylic acids is 2. The summed E-state index contributed by atoms with van der Waals surface area (Å²) in [7, 11) is 1.36. The van der Waals surface area contributed by atoms with Crippen molar-refractivity contribution in [1.82, 2.24) is 10.2 Å². The van der Waals surface area contributed by atoms with Gasteiger partial charge in [0.15, 0.2) is 11.5 Å². The number of nitrogens with zero attached hydrogens (tertiary/aromatic N) is 1. The summed E-state index contributed by atoms with van der Waals surface area (Å²) >= 11 is 0. The minimum Gasteiger partial charge on any atom is -0.493 e. The molecule has 0 spiro atoms. The number of hydrogen-bond donors (Lipinski definition) is 1. The van der Waals surface area contributed by atoms with E-state index in [0.717, 1.165) is 19.3 Å². The first kappa shape index (κ1) is 18.4. The highest BCUT2D eigenvalue weighted by Crippen LogP contribution is 2.34. The van der Waals surface area contributed by atoms with Gasteiger partial charge in [0, 0.05) is 19.0 Å². The Bertz CT molecular complexity index is 679. The summed E-state index contributed by atoms with van der Waals surface area (Å²) in [6, 6.07) is 4.08. The van der Waals surface area contributed by atoms with Gasteiger partial charge in [0.1, 0.15) is 6.04 Å². The van der Waals surface area contributed by atoms with Gasteiger partial charge in [0.25, 0.3) is 0 Å². The van der Waals surface area contributed by atoms with E-state index in [1.54, 1.807) is 17.0 Å². The molecule has 1 N–H and O–H groups in total. The second-order valence-corrected chi connectivity index (χ2v) is 6.55. The summed E-state index contributed by atoms with van der Waals surface area (Å²) in [6.45, 7) is -2.10. The van der Waals surface area contributed by atoms with E-state index in [1.807, 2.05) is 0 Å². The first-order valence-corrected chi connectivity index (χ1v) is 8.69. The molecule has 1 aromatic carbocycles. The maximum atomic E-state index is 12.5. The monoisotopic (exact) mass is 368 g/mol. The molecule has 0 bridgehead atoms. The molecular weight excluding hydrogens is 346 g/mol. The Morgan fingerprint density at radius 1 is 1.27 bits per heavy atom. The van der Waals surface area contributed by atoms with E-state index in [0.29, 0.717) is 18.5 Å². The average Bonchev–Trinajstić information content (AvgIpc) is 3.35. The van der Waals surface area contributed by atoms with Crippen LogP contribution in [0.25, 0.3) is 0 Å². The summed E-state index contributed by atoms with van der Waals surface area (Å²) in [6.07, 6.45) is 3.31. The van der Waals surface area contributed by atoms with E-state index in [2.05, 4.69) is 10.1 Å². The number of rotatable bonds is 7. The van der Waals surface area contributed by atoms with E-state index in [4.69, 9.17) is 4.74 Å². The fraction of sp³-hybridized carbons (Fsp3) is 0.556. The Hall–Kier alpha value is -2.38. The van der Waals surface area contributed by atoms with E-state index in [9.17, 15) is 18.4 Å². The van der Waals surface area contributed by atoms with Crippen molar-refractivity contribution in [2.75, 3.05) is 13.7 Å². The Kier molecular flexibility index (Phi) is 5.58. The van der Waals surface area contributed by atoms with Crippen molar-refractivity contribution < 1.29 is 27.8 Å². The van der Waals surface area contributed by atoms with E-state index in [-0.39, 0.29) is 35.8 Å². The van der Waals surface area contributed by atoms with Crippen LogP contribution in [0.1, 0.15) is 31.2 Å². The van der Waals surface area contributed by atoms with Gasteiger partial charge in [0.2, 0.25) is 11.8 Å². The summed E-state index contributed by atoms with van der Waals surface area (Å²) in [5.41, 5.74) is 0.690. The van der Waals surface area contributed by atoms with Crippen molar-refractivity contribution in [3.63, 3.8) is 0 Å². The van der Waals surface area contributed by atoms with Crippen LogP contribution in [-0.4, -0.2) is 43.0 Å². The molecule has 142 valence electrons. The predicted octanol–water partition coefficient (Wildman–Crippen LogP) is 2.31. The van der Waals surface area contributed by atoms with Gasteiger partial charge in [-0.3, -0.25) is 9.59 Å². The Morgan fingerprint density at radius 3 is 2.69 bits per heavy atom. The number of ether oxygens (including phenoxy) is 2. The van der Waals surface area contributed by atoms with E-state index >= 15 is 0 Å². The maximum absolute atomic E-state index is 12.5. The molecule has 1 aliphatic heterocycles. The molecule has 1 unspecified atom stereocenters. The molecular formula is C18H22F2N2O4. The van der Waals surface area contributed by atoms with Crippen LogP contribution in [0.4, 0.5) is 8.78 Å². The van der Waals surface area contributed by atoms with Gasteiger partial charge in [-0.1, -0.05) is 6.07 Å². The normalized spacial score (nSPS) is 19.5. The number of likely N-dealkylation sites (tertiary alicyclic amines) is 1. The van der Waals surface area contributed by atoms with Crippen LogP contribution in [-0.2, 0) is 16.1 Å². The molecule has 1 saturated heterocycles. The smallest absolute Gasteiger partial charge is 0.387 e. The summed E-state index contributed by atoms with van der Waals surface area (Å²) < 4.78 is 34.1. The van der Waals surface area contributed by atoms with Gasteiger partial charge >= 0.3 is 6.61 Å². The number of alkyl halides is 2. The quantitative estimate of drug-likeness (QED) is 0.802. The highest BCUT2D eigenvalue weighted by Gasteiger charge is 2.40. The second-order valence-electron chi connectivity index (χ2n) is 6.55. The van der Waals surface area contributed by atoms with Crippen LogP contribution in [0.2, 0.25) is 0 Å². The number of hydrogen-bond acceptors (Lipinski definition) is 4. The first-order chi connectivity index (χ1) is 12.5. The largest absolute Gasteiger partial charge is 0.493 e. The Morgan fingerprint density at radius 2 is 2.04 bits per heavy atom. The van der Waals surface area contributed by atoms with Crippen molar-refractivity contribution in [2.45, 2.75) is 44.9 Å². The molecule has 2 amide bonds. The van der Waals surface area contributed by atoms with Gasteiger partial charge in [-0.05, 0) is 43.4 Å². The second kappa shape index (κ2) is 7.88. The van der Waals surface area contributed by atoms with Crippen LogP contribution >= 0.6 is 0 Å². The molecule has 6 nitrogen and oxygen atoms in total. The number of halogens is 2. The fourth-order valence-electron chi connectivity index (χ4n) is 3.19. The van der Waals surface area contributed by atoms with Crippen LogP contribution in [0.15, 0.2) is 18.2 Å². The van der Waals surface area contributed by atoms with Gasteiger partial charge in [-0.15, -0.1) is 0 Å². The Balaban J connectivity index is 1.59. The lowest BCUT2D eigenvalue weighted by Crippen LogP contribution is -2.46. The van der Waals surface area contributed by atoms with Crippen molar-refractivity contribution >= 4 is 11.8 Å². The lowest BCUT2D eigenvalue weighted by molar-refractivity contribution is -0.139. The highest BCUT2D eigenvalue weighted by molar-refractivity contribution is 5.90. The highest BCUT2D eigenvalue weighted by atomic mass is 19.3. The maximum Gasteiger partial charge on any atom is 0.387 e. The van der Waals surface area contributed by atoms with Crippen LogP contribution in [0.3, 0.4) is 0 Å². The minimum absolute atomic E-state index is 0.0606. The van der Waals surface area contributed by atoms with E-state index < -0.39 is 12.7 Å². The molecule has 1 atom stereocenters. The SMILES string of the molecule is COc1cc(CNC(=O)C2CCCN2C(=O)C2CC2)ccc1OC(F)F. The number of benzene rings is 1. The van der Waals surface area contributed by atoms with Crippen LogP contribution < -0.4 is 14.8 Å². The molecule has 2 fully saturated rings. The summed E-state index contributed by atoms with van der Waals surface area (Å²) in [4.78, 5) is 26.4. The summed E-state index contributed by atoms with van der Waals surface area (Å²) in [5.74, 6) is 0.0919. The van der Waals surface area contributed by atoms with Crippen molar-refractivity contribution in [3.8, 4) is 11.5 Å². The number of nitrogens with one attached hydrogen (secondary N) is 1. The van der Waals surface area contributed by atoms with Crippen molar-refractivity contribution in [1.29, 1.82) is 0 Å². The molecule has 8 heteroatoms. The number of carbonyl (C=O) groups is 2. The van der Waals surface area contributed by atoms with Gasteiger partial charge in [-0.2, -0.15) is 8.78 Å². The zero-order valence-electron chi connectivity index (χ0n) is 14.5. The molecule has 1 aromatic rings. The zero-order valence-corrected chi connectivity index (χ0v) is 14.5. The van der Waals surface area contributed by atoms with Gasteiger partial charge < -0.3 is 19.7 Å². The van der Waals surface area contributed by atoms with Gasteiger partial charge in [-0.25, -0.2) is 0 Å². The standard InChI is InChI=1S/C18H22F2N2O4/c1-25-15-9-11(4-7-14(15)26-18(19)20)10-21-16(23)13-3-2-8-22(13)17(24)12-5-6-12/h4,7,9,12-13,18H,2-3,5-6,8,10H2,1H3,(H,21,23). The predicted molar refractivity (Wildman–Crippen MR) is 88.9 cm³/mol. The number of methoxy groups -OCH3 is 1. The molecule has 0 aromatic heterocycles. The van der Waals surface area contributed by atoms with E-state index in [1.165, 1.54) is 13.2 Å². The first-order valence-electron chi connectivity index (χ1n) is 8.69. The minimum atomic E-state index is -2.94. The molecule has 3 rings (SSSR count). The zero-order chi connectivity index (χ0) is 18.7. The lowest BCUT2D eigenvalue weighted by Gasteiger charge is -2.24. The molecule has 1 aliphatic carbocycles. The third-order valence-electron chi connectivity index (χ3n) is 4.68. The Labute approximate surface area is 150 Å². The van der Waals surface area contributed by atoms with Crippen molar-refractivity contribution in [2.24, 2.45) is 5.92 Å². The number of amides is 2. The fourth-order valence-corrected chi connectivity index (χ4v) is 3.19. The molecule has 1 heterocycles. The topological polar surface area (TPSA) is 67.9 Å². The molecule has 1 saturated carbocycles. The third-order valence-corrected chi connectivity index (χ3v) is 4.68. The molecule has 0 radical (unpaired) electrons. The summed E-state index contributed by atoms with van der Waals surface area (Å²) in [5, 5.41) is 2.82. The lowest BCUT2D eigenvalue weighted by atomic mass is 10.1. The average molecular weight is 368 g/mol. The van der Waals surface area contributed by atoms with Crippen LogP contribution in [0, 0.1) is 5.92 Å². The van der Waals surface area contributed by atoms with Crippen LogP contribution in [0.5, 0.6) is 11.5 Å². The molecule has 26 heavy (non-hydrogen) atoms. The third kappa shape index (κ3) is 4.23. The van der Waals surface area contributed by atoms with Crippen molar-refractivity contribution in [3.05, 3.63) is 23.8 Å².